The van der Waals surface area contributed by atoms with Crippen LogP contribution in [0.25, 0.3) is 16.2 Å². The van der Waals surface area contributed by atoms with E-state index in [1.807, 2.05) is 18.2 Å². The molecule has 0 amide bonds. The molecule has 0 aliphatic heterocycles. The molecule has 0 N–H and O–H groups in total. The maximum absolute atomic E-state index is 12.8. The summed E-state index contributed by atoms with van der Waals surface area (Å²) in [6.45, 7) is 3.79. The minimum Gasteiger partial charge on any atom is -0.496 e. The standard InChI is InChI=1S/C18H16O4S/c1-4-10-5-11-6-14(23-13(11)7-12(10)21-2)15(19)17-8-18(17,9-17)16(20)22-3/h4-7H,1,8-9H2,2-3H3. The van der Waals surface area contributed by atoms with Crippen molar-refractivity contribution in [3.05, 3.63) is 35.2 Å². The van der Waals surface area contributed by atoms with E-state index in [1.165, 1.54) is 18.4 Å². The van der Waals surface area contributed by atoms with Crippen LogP contribution < -0.4 is 4.74 Å². The zero-order valence-corrected chi connectivity index (χ0v) is 13.8. The maximum Gasteiger partial charge on any atom is 0.312 e. The first-order valence-electron chi connectivity index (χ1n) is 7.38. The topological polar surface area (TPSA) is 52.6 Å². The van der Waals surface area contributed by atoms with Crippen LogP contribution in [0.3, 0.4) is 0 Å². The molecule has 0 saturated heterocycles. The van der Waals surface area contributed by atoms with E-state index in [9.17, 15) is 9.59 Å². The second kappa shape index (κ2) is 4.45. The first kappa shape index (κ1) is 14.5. The van der Waals surface area contributed by atoms with Crippen LogP contribution in [-0.4, -0.2) is 26.0 Å². The summed E-state index contributed by atoms with van der Waals surface area (Å²) in [5, 5.41) is 0.996. The number of thiophene rings is 1. The van der Waals surface area contributed by atoms with E-state index in [-0.39, 0.29) is 11.8 Å². The summed E-state index contributed by atoms with van der Waals surface area (Å²) >= 11 is 1.45. The van der Waals surface area contributed by atoms with Gasteiger partial charge in [-0.3, -0.25) is 9.59 Å². The first-order chi connectivity index (χ1) is 11.0. The van der Waals surface area contributed by atoms with Gasteiger partial charge in [-0.15, -0.1) is 11.3 Å². The van der Waals surface area contributed by atoms with E-state index in [0.717, 1.165) is 21.4 Å². The summed E-state index contributed by atoms with van der Waals surface area (Å²) in [7, 11) is 3.00. The molecule has 4 rings (SSSR count). The van der Waals surface area contributed by atoms with Gasteiger partial charge in [-0.25, -0.2) is 0 Å². The number of hydrogen-bond acceptors (Lipinski definition) is 5. The molecule has 0 bridgehead atoms. The Hall–Kier alpha value is -2.14. The Morgan fingerprint density at radius 3 is 2.57 bits per heavy atom. The van der Waals surface area contributed by atoms with Crippen molar-refractivity contribution < 1.29 is 19.1 Å². The zero-order chi connectivity index (χ0) is 16.4. The van der Waals surface area contributed by atoms with Gasteiger partial charge in [0.15, 0.2) is 5.78 Å². The van der Waals surface area contributed by atoms with E-state index in [1.54, 1.807) is 13.2 Å². The molecule has 5 heteroatoms. The van der Waals surface area contributed by atoms with Crippen molar-refractivity contribution in [3.63, 3.8) is 0 Å². The average Bonchev–Trinajstić information content (AvgIpc) is 3.34. The second-order valence-corrected chi connectivity index (χ2v) is 7.37. The minimum absolute atomic E-state index is 0.0724. The van der Waals surface area contributed by atoms with E-state index < -0.39 is 10.8 Å². The van der Waals surface area contributed by atoms with Gasteiger partial charge in [-0.05, 0) is 36.4 Å². The lowest BCUT2D eigenvalue weighted by atomic mass is 10.1. The molecule has 1 aromatic heterocycles. The highest BCUT2D eigenvalue weighted by Crippen LogP contribution is 2.87. The Balaban J connectivity index is 1.70. The molecule has 2 saturated carbocycles. The van der Waals surface area contributed by atoms with Crippen molar-refractivity contribution in [1.82, 2.24) is 0 Å². The fraction of sp³-hybridized carbons (Fsp3) is 0.333. The number of esters is 1. The summed E-state index contributed by atoms with van der Waals surface area (Å²) in [6, 6.07) is 5.81. The number of benzene rings is 1. The lowest BCUT2D eigenvalue weighted by molar-refractivity contribution is -0.144. The van der Waals surface area contributed by atoms with Crippen molar-refractivity contribution in [2.24, 2.45) is 10.8 Å². The molecule has 4 nitrogen and oxygen atoms in total. The Labute approximate surface area is 137 Å². The third-order valence-corrected chi connectivity index (χ3v) is 6.29. The summed E-state index contributed by atoms with van der Waals surface area (Å²) in [4.78, 5) is 25.3. The lowest BCUT2D eigenvalue weighted by Crippen LogP contribution is -2.09. The van der Waals surface area contributed by atoms with Gasteiger partial charge in [-0.1, -0.05) is 12.7 Å². The number of carbonyl (C=O) groups is 2. The number of methoxy groups -OCH3 is 2. The predicted octanol–water partition coefficient (Wildman–Crippen LogP) is 3.69. The maximum atomic E-state index is 12.8. The van der Waals surface area contributed by atoms with Gasteiger partial charge in [0.1, 0.15) is 5.75 Å². The Morgan fingerprint density at radius 2 is 1.96 bits per heavy atom. The highest BCUT2D eigenvalue weighted by molar-refractivity contribution is 7.21. The van der Waals surface area contributed by atoms with Gasteiger partial charge in [0.25, 0.3) is 0 Å². The number of ether oxygens (including phenoxy) is 2. The van der Waals surface area contributed by atoms with Crippen molar-refractivity contribution >= 4 is 39.3 Å². The molecule has 2 fully saturated rings. The average molecular weight is 328 g/mol. The molecule has 2 aliphatic rings. The molecule has 0 atom stereocenters. The smallest absolute Gasteiger partial charge is 0.312 e. The lowest BCUT2D eigenvalue weighted by Gasteiger charge is -2.04. The van der Waals surface area contributed by atoms with Crippen LogP contribution in [0.4, 0.5) is 0 Å². The van der Waals surface area contributed by atoms with Crippen LogP contribution >= 0.6 is 11.3 Å². The second-order valence-electron chi connectivity index (χ2n) is 6.29. The molecule has 1 heterocycles. The van der Waals surface area contributed by atoms with E-state index in [2.05, 4.69) is 6.58 Å². The number of rotatable bonds is 5. The molecule has 0 unspecified atom stereocenters. The van der Waals surface area contributed by atoms with Crippen molar-refractivity contribution in [3.8, 4) is 5.75 Å². The van der Waals surface area contributed by atoms with Gasteiger partial charge < -0.3 is 9.47 Å². The van der Waals surface area contributed by atoms with E-state index in [0.29, 0.717) is 17.7 Å². The van der Waals surface area contributed by atoms with Crippen LogP contribution in [0.15, 0.2) is 24.8 Å². The molecular formula is C18H16O4S. The Kier molecular flexibility index (Phi) is 2.79. The number of ketones is 1. The summed E-state index contributed by atoms with van der Waals surface area (Å²) < 4.78 is 11.2. The third kappa shape index (κ3) is 1.71. The number of carbonyl (C=O) groups excluding carboxylic acids is 2. The van der Waals surface area contributed by atoms with Crippen LogP contribution in [0, 0.1) is 10.8 Å². The van der Waals surface area contributed by atoms with Gasteiger partial charge in [0.05, 0.1) is 29.9 Å². The van der Waals surface area contributed by atoms with Crippen molar-refractivity contribution in [2.45, 2.75) is 12.8 Å². The molecule has 0 spiro atoms. The van der Waals surface area contributed by atoms with Crippen LogP contribution in [0.2, 0.25) is 0 Å². The molecular weight excluding hydrogens is 312 g/mol. The van der Waals surface area contributed by atoms with Crippen molar-refractivity contribution in [2.75, 3.05) is 14.2 Å². The normalized spacial score (nSPS) is 27.2. The van der Waals surface area contributed by atoms with Crippen molar-refractivity contribution in [1.29, 1.82) is 0 Å². The van der Waals surface area contributed by atoms with Crippen LogP contribution in [0.1, 0.15) is 28.1 Å². The van der Waals surface area contributed by atoms with E-state index in [4.69, 9.17) is 9.47 Å². The van der Waals surface area contributed by atoms with Gasteiger partial charge >= 0.3 is 5.97 Å². The largest absolute Gasteiger partial charge is 0.496 e. The minimum atomic E-state index is -0.529. The molecule has 2 aromatic rings. The summed E-state index contributed by atoms with van der Waals surface area (Å²) in [6.07, 6.45) is 2.99. The fourth-order valence-corrected chi connectivity index (χ4v) is 4.69. The highest BCUT2D eigenvalue weighted by atomic mass is 32.1. The van der Waals surface area contributed by atoms with Crippen LogP contribution in [-0.2, 0) is 9.53 Å². The fourth-order valence-electron chi connectivity index (χ4n) is 3.57. The Morgan fingerprint density at radius 1 is 1.22 bits per heavy atom. The van der Waals surface area contributed by atoms with E-state index >= 15 is 0 Å². The van der Waals surface area contributed by atoms with Gasteiger partial charge in [-0.2, -0.15) is 0 Å². The number of Topliss-reactive ketones (excluding diaryl/α,β-unsaturated/α-hetero) is 1. The number of hydrogen-bond donors (Lipinski definition) is 0. The Bertz CT molecular complexity index is 871. The monoisotopic (exact) mass is 328 g/mol. The predicted molar refractivity (Wildman–Crippen MR) is 88.9 cm³/mol. The third-order valence-electron chi connectivity index (χ3n) is 5.20. The molecule has 0 radical (unpaired) electrons. The summed E-state index contributed by atoms with van der Waals surface area (Å²) in [5.74, 6) is 0.569. The first-order valence-corrected chi connectivity index (χ1v) is 8.20. The highest BCUT2D eigenvalue weighted by Gasteiger charge is 2.91. The molecule has 1 aromatic carbocycles. The SMILES string of the molecule is C=Cc1cc2cc(C(=O)C34CC3(C(=O)OC)C4)sc2cc1OC. The summed E-state index contributed by atoms with van der Waals surface area (Å²) in [5.41, 5.74) is -0.123. The van der Waals surface area contributed by atoms with Gasteiger partial charge in [0.2, 0.25) is 0 Å². The quantitative estimate of drug-likeness (QED) is 0.620. The zero-order valence-electron chi connectivity index (χ0n) is 13.0. The number of fused-ring (bicyclic) bond motifs is 2. The van der Waals surface area contributed by atoms with Crippen LogP contribution in [0.5, 0.6) is 5.75 Å². The molecule has 23 heavy (non-hydrogen) atoms. The van der Waals surface area contributed by atoms with Gasteiger partial charge in [0, 0.05) is 10.3 Å². The molecule has 118 valence electrons. The molecule has 2 aliphatic carbocycles.